The molecule has 106 valence electrons. The van der Waals surface area contributed by atoms with E-state index in [2.05, 4.69) is 34.3 Å². The predicted molar refractivity (Wildman–Crippen MR) is 80.2 cm³/mol. The maximum Gasteiger partial charge on any atom is 0.270 e. The lowest BCUT2D eigenvalue weighted by molar-refractivity contribution is 0.0729. The topological polar surface area (TPSA) is 51.3 Å². The molecule has 0 unspecified atom stereocenters. The van der Waals surface area contributed by atoms with E-state index in [1.807, 2.05) is 19.3 Å². The molecule has 0 spiro atoms. The van der Waals surface area contributed by atoms with Gasteiger partial charge in [-0.15, -0.1) is 0 Å². The first-order valence-electron chi connectivity index (χ1n) is 6.67. The summed E-state index contributed by atoms with van der Waals surface area (Å²) in [6.45, 7) is 5.38. The second-order valence-electron chi connectivity index (χ2n) is 6.21. The second-order valence-corrected chi connectivity index (χ2v) is 7.13. The molecule has 1 aliphatic carbocycles. The van der Waals surface area contributed by atoms with E-state index >= 15 is 0 Å². The summed E-state index contributed by atoms with van der Waals surface area (Å²) in [4.78, 5) is 14.3. The number of carbonyl (C=O) groups excluding carboxylic acids is 1. The Morgan fingerprint density at radius 2 is 2.21 bits per heavy atom. The third-order valence-corrected chi connectivity index (χ3v) is 3.97. The highest BCUT2D eigenvalue weighted by molar-refractivity contribution is 9.10. The minimum absolute atomic E-state index is 0.0569. The molecule has 2 rings (SSSR count). The maximum atomic E-state index is 12.5. The molecule has 1 aliphatic rings. The molecule has 1 heterocycles. The van der Waals surface area contributed by atoms with Crippen molar-refractivity contribution in [2.45, 2.75) is 32.7 Å². The van der Waals surface area contributed by atoms with Crippen molar-refractivity contribution in [3.05, 3.63) is 22.4 Å². The van der Waals surface area contributed by atoms with Crippen LogP contribution >= 0.6 is 15.9 Å². The lowest BCUT2D eigenvalue weighted by atomic mass is 9.93. The van der Waals surface area contributed by atoms with Crippen LogP contribution in [0.4, 0.5) is 0 Å². The van der Waals surface area contributed by atoms with Gasteiger partial charge in [0, 0.05) is 30.3 Å². The van der Waals surface area contributed by atoms with E-state index < -0.39 is 0 Å². The minimum Gasteiger partial charge on any atom is -0.340 e. The molecule has 2 N–H and O–H groups in total. The molecular weight excluding hydrogens is 306 g/mol. The summed E-state index contributed by atoms with van der Waals surface area (Å²) in [7, 11) is 1.85. The Kier molecular flexibility index (Phi) is 4.06. The average molecular weight is 328 g/mol. The fourth-order valence-electron chi connectivity index (χ4n) is 2.25. The quantitative estimate of drug-likeness (QED) is 0.903. The smallest absolute Gasteiger partial charge is 0.270 e. The molecule has 0 atom stereocenters. The lowest BCUT2D eigenvalue weighted by Crippen LogP contribution is -2.40. The molecule has 0 bridgehead atoms. The zero-order valence-corrected chi connectivity index (χ0v) is 13.4. The van der Waals surface area contributed by atoms with Crippen LogP contribution in [0, 0.1) is 5.41 Å². The number of hydrogen-bond acceptors (Lipinski definition) is 2. The SMILES string of the molecule is CN(CC(C)(C)CN)C(=O)c1cc(Br)cn1C1CC1. The van der Waals surface area contributed by atoms with Gasteiger partial charge in [-0.25, -0.2) is 0 Å². The van der Waals surface area contributed by atoms with Gasteiger partial charge in [0.05, 0.1) is 0 Å². The largest absolute Gasteiger partial charge is 0.340 e. The zero-order valence-electron chi connectivity index (χ0n) is 11.8. The summed E-state index contributed by atoms with van der Waals surface area (Å²) in [6, 6.07) is 2.41. The van der Waals surface area contributed by atoms with Crippen molar-refractivity contribution >= 4 is 21.8 Å². The molecule has 0 aromatic carbocycles. The standard InChI is InChI=1S/C14H22BrN3O/c1-14(2,8-16)9-17(3)13(19)12-6-10(15)7-18(12)11-4-5-11/h6-7,11H,4-5,8-9,16H2,1-3H3. The lowest BCUT2D eigenvalue weighted by Gasteiger charge is -2.29. The van der Waals surface area contributed by atoms with Crippen molar-refractivity contribution in [3.63, 3.8) is 0 Å². The number of hydrogen-bond donors (Lipinski definition) is 1. The van der Waals surface area contributed by atoms with Crippen LogP contribution in [0.25, 0.3) is 0 Å². The second kappa shape index (κ2) is 5.29. The highest BCUT2D eigenvalue weighted by Gasteiger charge is 2.30. The summed E-state index contributed by atoms with van der Waals surface area (Å²) in [5.41, 5.74) is 6.45. The van der Waals surface area contributed by atoms with Crippen molar-refractivity contribution in [2.75, 3.05) is 20.1 Å². The van der Waals surface area contributed by atoms with E-state index in [1.54, 1.807) is 4.90 Å². The Bertz CT molecular complexity index is 477. The number of aromatic nitrogens is 1. The Hall–Kier alpha value is -0.810. The number of nitrogens with zero attached hydrogens (tertiary/aromatic N) is 2. The van der Waals surface area contributed by atoms with Gasteiger partial charge in [0.25, 0.3) is 5.91 Å². The van der Waals surface area contributed by atoms with E-state index in [0.717, 1.165) is 10.2 Å². The van der Waals surface area contributed by atoms with Gasteiger partial charge in [0.1, 0.15) is 5.69 Å². The van der Waals surface area contributed by atoms with Gasteiger partial charge in [0.15, 0.2) is 0 Å². The fraction of sp³-hybridized carbons (Fsp3) is 0.643. The van der Waals surface area contributed by atoms with Gasteiger partial charge < -0.3 is 15.2 Å². The van der Waals surface area contributed by atoms with E-state index in [0.29, 0.717) is 19.1 Å². The molecular formula is C14H22BrN3O. The summed E-state index contributed by atoms with van der Waals surface area (Å²) < 4.78 is 3.06. The zero-order chi connectivity index (χ0) is 14.2. The molecule has 1 aromatic rings. The number of halogens is 1. The number of rotatable bonds is 5. The predicted octanol–water partition coefficient (Wildman–Crippen LogP) is 2.64. The Balaban J connectivity index is 2.15. The van der Waals surface area contributed by atoms with Crippen molar-refractivity contribution in [1.82, 2.24) is 9.47 Å². The molecule has 5 heteroatoms. The van der Waals surface area contributed by atoms with Crippen LogP contribution in [0.5, 0.6) is 0 Å². The normalized spacial score (nSPS) is 15.6. The Morgan fingerprint density at radius 3 is 2.74 bits per heavy atom. The highest BCUT2D eigenvalue weighted by Crippen LogP contribution is 2.37. The van der Waals surface area contributed by atoms with Crippen LogP contribution in [0.2, 0.25) is 0 Å². The minimum atomic E-state index is -0.0569. The van der Waals surface area contributed by atoms with Crippen LogP contribution in [-0.2, 0) is 0 Å². The number of carbonyl (C=O) groups is 1. The first-order chi connectivity index (χ1) is 8.84. The van der Waals surface area contributed by atoms with Crippen molar-refractivity contribution in [3.8, 4) is 0 Å². The molecule has 1 fully saturated rings. The molecule has 4 nitrogen and oxygen atoms in total. The monoisotopic (exact) mass is 327 g/mol. The number of amides is 1. The van der Waals surface area contributed by atoms with E-state index in [4.69, 9.17) is 5.73 Å². The van der Waals surface area contributed by atoms with Crippen molar-refractivity contribution < 1.29 is 4.79 Å². The molecule has 0 saturated heterocycles. The van der Waals surface area contributed by atoms with Gasteiger partial charge in [-0.05, 0) is 46.8 Å². The molecule has 1 saturated carbocycles. The van der Waals surface area contributed by atoms with E-state index in [-0.39, 0.29) is 11.3 Å². The first kappa shape index (κ1) is 14.6. The summed E-state index contributed by atoms with van der Waals surface area (Å²) in [5, 5.41) is 0. The number of nitrogens with two attached hydrogens (primary N) is 1. The molecule has 19 heavy (non-hydrogen) atoms. The fourth-order valence-corrected chi connectivity index (χ4v) is 2.68. The van der Waals surface area contributed by atoms with E-state index in [1.165, 1.54) is 12.8 Å². The summed E-state index contributed by atoms with van der Waals surface area (Å²) in [5.74, 6) is 0.0686. The summed E-state index contributed by atoms with van der Waals surface area (Å²) >= 11 is 3.46. The molecule has 0 radical (unpaired) electrons. The maximum absolute atomic E-state index is 12.5. The van der Waals surface area contributed by atoms with Gasteiger partial charge in [-0.2, -0.15) is 0 Å². The van der Waals surface area contributed by atoms with Gasteiger partial charge in [-0.1, -0.05) is 13.8 Å². The van der Waals surface area contributed by atoms with Crippen LogP contribution in [0.15, 0.2) is 16.7 Å². The Labute approximate surface area is 123 Å². The van der Waals surface area contributed by atoms with Crippen LogP contribution < -0.4 is 5.73 Å². The third kappa shape index (κ3) is 3.39. The van der Waals surface area contributed by atoms with E-state index in [9.17, 15) is 4.79 Å². The molecule has 0 aliphatic heterocycles. The van der Waals surface area contributed by atoms with Gasteiger partial charge >= 0.3 is 0 Å². The average Bonchev–Trinajstić information content (AvgIpc) is 3.11. The molecule has 1 amide bonds. The van der Waals surface area contributed by atoms with Crippen molar-refractivity contribution in [2.24, 2.45) is 11.1 Å². The molecule has 1 aromatic heterocycles. The van der Waals surface area contributed by atoms with Gasteiger partial charge in [0.2, 0.25) is 0 Å². The van der Waals surface area contributed by atoms with Crippen molar-refractivity contribution in [1.29, 1.82) is 0 Å². The van der Waals surface area contributed by atoms with Gasteiger partial charge in [-0.3, -0.25) is 4.79 Å². The Morgan fingerprint density at radius 1 is 1.58 bits per heavy atom. The van der Waals surface area contributed by atoms with Crippen LogP contribution in [0.1, 0.15) is 43.2 Å². The third-order valence-electron chi connectivity index (χ3n) is 3.54. The first-order valence-corrected chi connectivity index (χ1v) is 7.46. The highest BCUT2D eigenvalue weighted by atomic mass is 79.9. The summed E-state index contributed by atoms with van der Waals surface area (Å²) in [6.07, 6.45) is 4.34. The van der Waals surface area contributed by atoms with Crippen LogP contribution in [-0.4, -0.2) is 35.5 Å². The van der Waals surface area contributed by atoms with Crippen LogP contribution in [0.3, 0.4) is 0 Å².